The van der Waals surface area contributed by atoms with E-state index in [1.165, 1.54) is 0 Å². The van der Waals surface area contributed by atoms with Gasteiger partial charge in [0.1, 0.15) is 6.04 Å². The van der Waals surface area contributed by atoms with Gasteiger partial charge in [-0.25, -0.2) is 17.2 Å². The summed E-state index contributed by atoms with van der Waals surface area (Å²) in [6, 6.07) is 18.3. The Labute approximate surface area is 234 Å². The molecule has 2 N–H and O–H groups in total. The normalized spacial score (nSPS) is 16.8. The van der Waals surface area contributed by atoms with Crippen molar-refractivity contribution in [2.24, 2.45) is 11.3 Å². The topological polar surface area (TPSA) is 92.3 Å². The van der Waals surface area contributed by atoms with Crippen LogP contribution in [0.2, 0.25) is 0 Å². The second-order valence-electron chi connectivity index (χ2n) is 11.8. The van der Waals surface area contributed by atoms with E-state index in [-0.39, 0.29) is 42.8 Å². The Morgan fingerprint density at radius 2 is 1.55 bits per heavy atom. The minimum Gasteiger partial charge on any atom is -0.344 e. The molecule has 1 saturated carbocycles. The second-order valence-corrected chi connectivity index (χ2v) is 13.8. The van der Waals surface area contributed by atoms with Crippen LogP contribution in [0.3, 0.4) is 0 Å². The average molecular weight is 571 g/mol. The number of nitrogens with one attached hydrogen (secondary N) is 2. The van der Waals surface area contributed by atoms with Gasteiger partial charge in [-0.15, -0.1) is 0 Å². The van der Waals surface area contributed by atoms with Gasteiger partial charge in [0.15, 0.2) is 9.84 Å². The molecule has 0 bridgehead atoms. The highest BCUT2D eigenvalue weighted by Gasteiger charge is 2.38. The molecule has 3 aromatic rings. The number of halogens is 2. The van der Waals surface area contributed by atoms with Crippen LogP contribution < -0.4 is 10.6 Å². The Balaban J connectivity index is 1.60. The Hall–Kier alpha value is -3.33. The van der Waals surface area contributed by atoms with E-state index >= 15 is 0 Å². The number of rotatable bonds is 8. The van der Waals surface area contributed by atoms with Crippen LogP contribution in [0.4, 0.5) is 14.5 Å². The van der Waals surface area contributed by atoms with E-state index in [0.717, 1.165) is 5.56 Å². The van der Waals surface area contributed by atoms with E-state index in [2.05, 4.69) is 10.6 Å². The third kappa shape index (κ3) is 7.44. The molecule has 0 aliphatic heterocycles. The molecular weight excluding hydrogens is 534 g/mol. The lowest BCUT2D eigenvalue weighted by Gasteiger charge is -2.29. The summed E-state index contributed by atoms with van der Waals surface area (Å²) in [5.41, 5.74) is 0.802. The molecule has 0 unspecified atom stereocenters. The molecule has 40 heavy (non-hydrogen) atoms. The highest BCUT2D eigenvalue weighted by molar-refractivity contribution is 7.91. The minimum atomic E-state index is -3.61. The smallest absolute Gasteiger partial charge is 0.248 e. The molecule has 4 rings (SSSR count). The minimum absolute atomic E-state index is 0.0337. The molecule has 0 heterocycles. The SMILES string of the molecule is CC(C)(C)CS(=O)(=O)c1cccc2c(NC(=O)[C@H](Cc3ccccc3)NC(=O)C3CCC(F)(F)CC3)cccc12. The fourth-order valence-corrected chi connectivity index (χ4v) is 7.27. The van der Waals surface area contributed by atoms with Crippen molar-refractivity contribution in [3.63, 3.8) is 0 Å². The Morgan fingerprint density at radius 1 is 0.925 bits per heavy atom. The zero-order chi connectivity index (χ0) is 29.1. The van der Waals surface area contributed by atoms with Gasteiger partial charge >= 0.3 is 0 Å². The largest absolute Gasteiger partial charge is 0.344 e. The number of sulfone groups is 1. The van der Waals surface area contributed by atoms with E-state index in [1.807, 2.05) is 51.1 Å². The first-order chi connectivity index (χ1) is 18.7. The lowest BCUT2D eigenvalue weighted by molar-refractivity contribution is -0.132. The van der Waals surface area contributed by atoms with Gasteiger partial charge in [-0.3, -0.25) is 9.59 Å². The van der Waals surface area contributed by atoms with Gasteiger partial charge in [0.25, 0.3) is 0 Å². The fourth-order valence-electron chi connectivity index (χ4n) is 5.18. The third-order valence-electron chi connectivity index (χ3n) is 7.10. The molecule has 214 valence electrons. The van der Waals surface area contributed by atoms with Crippen LogP contribution in [0, 0.1) is 11.3 Å². The summed E-state index contributed by atoms with van der Waals surface area (Å²) in [6.45, 7) is 5.59. The maximum Gasteiger partial charge on any atom is 0.248 e. The molecule has 2 amide bonds. The van der Waals surface area contributed by atoms with Gasteiger partial charge in [0.05, 0.1) is 10.6 Å². The number of carbonyl (C=O) groups excluding carboxylic acids is 2. The molecule has 6 nitrogen and oxygen atoms in total. The molecule has 3 aromatic carbocycles. The van der Waals surface area contributed by atoms with Crippen LogP contribution in [0.1, 0.15) is 52.0 Å². The van der Waals surface area contributed by atoms with E-state index in [9.17, 15) is 26.8 Å². The molecule has 0 spiro atoms. The van der Waals surface area contributed by atoms with Crippen molar-refractivity contribution in [2.45, 2.75) is 69.7 Å². The molecular formula is C31H36F2N2O4S. The highest BCUT2D eigenvalue weighted by atomic mass is 32.2. The highest BCUT2D eigenvalue weighted by Crippen LogP contribution is 2.36. The zero-order valence-corrected chi connectivity index (χ0v) is 23.9. The molecule has 0 saturated heterocycles. The molecule has 9 heteroatoms. The van der Waals surface area contributed by atoms with Crippen molar-refractivity contribution in [2.75, 3.05) is 11.1 Å². The molecule has 1 fully saturated rings. The van der Waals surface area contributed by atoms with Crippen molar-refractivity contribution >= 4 is 38.1 Å². The van der Waals surface area contributed by atoms with Gasteiger partial charge in [-0.1, -0.05) is 75.4 Å². The quantitative estimate of drug-likeness (QED) is 0.340. The molecule has 1 aliphatic rings. The van der Waals surface area contributed by atoms with Crippen LogP contribution in [0.15, 0.2) is 71.6 Å². The van der Waals surface area contributed by atoms with E-state index < -0.39 is 44.9 Å². The van der Waals surface area contributed by atoms with Crippen molar-refractivity contribution in [3.05, 3.63) is 72.3 Å². The maximum atomic E-state index is 13.6. The first-order valence-electron chi connectivity index (χ1n) is 13.5. The summed E-state index contributed by atoms with van der Waals surface area (Å²) in [5.74, 6) is -4.27. The van der Waals surface area contributed by atoms with Gasteiger partial charge in [-0.05, 0) is 36.0 Å². The number of benzene rings is 3. The molecule has 0 radical (unpaired) electrons. The maximum absolute atomic E-state index is 13.6. The summed E-state index contributed by atoms with van der Waals surface area (Å²) >= 11 is 0. The number of carbonyl (C=O) groups is 2. The molecule has 1 atom stereocenters. The number of alkyl halides is 2. The van der Waals surface area contributed by atoms with Crippen molar-refractivity contribution < 1.29 is 26.8 Å². The lowest BCUT2D eigenvalue weighted by Crippen LogP contribution is -2.48. The Bertz CT molecular complexity index is 1470. The van der Waals surface area contributed by atoms with E-state index in [4.69, 9.17) is 0 Å². The summed E-state index contributed by atoms with van der Waals surface area (Å²) in [5, 5.41) is 6.74. The number of fused-ring (bicyclic) bond motifs is 1. The summed E-state index contributed by atoms with van der Waals surface area (Å²) in [7, 11) is -3.61. The number of anilines is 1. The van der Waals surface area contributed by atoms with Crippen molar-refractivity contribution in [1.82, 2.24) is 5.32 Å². The van der Waals surface area contributed by atoms with E-state index in [0.29, 0.717) is 16.5 Å². The van der Waals surface area contributed by atoms with Gasteiger partial charge < -0.3 is 10.6 Å². The second kappa shape index (κ2) is 11.6. The van der Waals surface area contributed by atoms with Crippen LogP contribution in [-0.2, 0) is 25.8 Å². The summed E-state index contributed by atoms with van der Waals surface area (Å²) in [6.07, 6.45) is -0.368. The first kappa shape index (κ1) is 29.6. The number of hydrogen-bond donors (Lipinski definition) is 2. The van der Waals surface area contributed by atoms with E-state index in [1.54, 1.807) is 36.4 Å². The lowest BCUT2D eigenvalue weighted by atomic mass is 9.86. The third-order valence-corrected chi connectivity index (χ3v) is 9.37. The van der Waals surface area contributed by atoms with Gasteiger partial charge in [-0.2, -0.15) is 0 Å². The van der Waals surface area contributed by atoms with Gasteiger partial charge in [0, 0.05) is 41.6 Å². The van der Waals surface area contributed by atoms with Gasteiger partial charge in [0.2, 0.25) is 17.7 Å². The zero-order valence-electron chi connectivity index (χ0n) is 23.0. The predicted octanol–water partition coefficient (Wildman–Crippen LogP) is 6.15. The number of amides is 2. The van der Waals surface area contributed by atoms with Crippen LogP contribution >= 0.6 is 0 Å². The predicted molar refractivity (Wildman–Crippen MR) is 153 cm³/mol. The molecule has 0 aromatic heterocycles. The van der Waals surface area contributed by atoms with Crippen LogP contribution in [0.25, 0.3) is 10.8 Å². The standard InChI is InChI=1S/C31H36F2N2O4S/c1-30(2,3)20-40(38,39)27-14-8-11-23-24(27)12-7-13-25(23)34-29(37)26(19-21-9-5-4-6-10-21)35-28(36)22-15-17-31(32,33)18-16-22/h4-14,22,26H,15-20H2,1-3H3,(H,34,37)(H,35,36)/t26-/m0/s1. The van der Waals surface area contributed by atoms with Crippen molar-refractivity contribution in [1.29, 1.82) is 0 Å². The monoisotopic (exact) mass is 570 g/mol. The fraction of sp³-hybridized carbons (Fsp3) is 0.419. The summed E-state index contributed by atoms with van der Waals surface area (Å²) < 4.78 is 53.8. The average Bonchev–Trinajstić information content (AvgIpc) is 2.87. The number of hydrogen-bond acceptors (Lipinski definition) is 4. The van der Waals surface area contributed by atoms with Crippen molar-refractivity contribution in [3.8, 4) is 0 Å². The van der Waals surface area contributed by atoms with Crippen LogP contribution in [-0.4, -0.2) is 37.9 Å². The van der Waals surface area contributed by atoms with Crippen LogP contribution in [0.5, 0.6) is 0 Å². The first-order valence-corrected chi connectivity index (χ1v) is 15.2. The Morgan fingerprint density at radius 3 is 2.20 bits per heavy atom. The molecule has 1 aliphatic carbocycles. The summed E-state index contributed by atoms with van der Waals surface area (Å²) in [4.78, 5) is 26.8. The Kier molecular flexibility index (Phi) is 8.63.